The third-order valence-electron chi connectivity index (χ3n) is 8.92. The van der Waals surface area contributed by atoms with E-state index in [1.54, 1.807) is 0 Å². The van der Waals surface area contributed by atoms with E-state index in [0.717, 1.165) is 85.4 Å². The minimum Gasteiger partial charge on any atom is -0.349 e. The van der Waals surface area contributed by atoms with E-state index in [-0.39, 0.29) is 11.6 Å². The first-order valence-corrected chi connectivity index (χ1v) is 14.9. The van der Waals surface area contributed by atoms with Gasteiger partial charge in [-0.2, -0.15) is 13.2 Å². The van der Waals surface area contributed by atoms with Gasteiger partial charge in [0.05, 0.1) is 5.56 Å². The second kappa shape index (κ2) is 12.9. The summed E-state index contributed by atoms with van der Waals surface area (Å²) in [5, 5.41) is 5.01. The molecule has 5 rings (SSSR count). The van der Waals surface area contributed by atoms with Gasteiger partial charge in [0, 0.05) is 6.04 Å². The van der Waals surface area contributed by atoms with Crippen LogP contribution in [0.15, 0.2) is 66.7 Å². The molecule has 0 atom stereocenters. The Morgan fingerprint density at radius 2 is 1.44 bits per heavy atom. The second-order valence-electron chi connectivity index (χ2n) is 11.7. The zero-order chi connectivity index (χ0) is 30.6. The van der Waals surface area contributed by atoms with Gasteiger partial charge in [-0.25, -0.2) is 8.78 Å². The van der Waals surface area contributed by atoms with E-state index in [4.69, 9.17) is 0 Å². The molecule has 3 aromatic carbocycles. The molecule has 0 aliphatic heterocycles. The smallest absolute Gasteiger partial charge is 0.349 e. The number of carbonyl (C=O) groups is 2. The minimum absolute atomic E-state index is 0.0935. The number of nitrogens with one attached hydrogen (secondary N) is 2. The number of benzene rings is 3. The van der Waals surface area contributed by atoms with E-state index >= 15 is 0 Å². The summed E-state index contributed by atoms with van der Waals surface area (Å²) in [7, 11) is 0. The lowest BCUT2D eigenvalue weighted by Crippen LogP contribution is -2.47. The molecule has 43 heavy (non-hydrogen) atoms. The highest BCUT2D eigenvalue weighted by Gasteiger charge is 2.49. The maximum Gasteiger partial charge on any atom is 0.405 e. The first kappa shape index (κ1) is 30.7. The van der Waals surface area contributed by atoms with Gasteiger partial charge in [0.25, 0.3) is 5.91 Å². The highest BCUT2D eigenvalue weighted by atomic mass is 19.4. The first-order chi connectivity index (χ1) is 20.6. The molecule has 4 nitrogen and oxygen atoms in total. The normalized spacial score (nSPS) is 18.9. The zero-order valence-corrected chi connectivity index (χ0v) is 23.8. The van der Waals surface area contributed by atoms with E-state index in [1.807, 2.05) is 48.5 Å². The summed E-state index contributed by atoms with van der Waals surface area (Å²) in [6.07, 6.45) is 2.60. The number of hydrogen-bond acceptors (Lipinski definition) is 2. The SMILES string of the molecule is O=C(NC1CCC(CCCCCC2(C(=O)NCC(F)(F)F)c3ccccc3-c3ccccc32)CC1)c1cc(F)ccc1F. The Kier molecular flexibility index (Phi) is 9.18. The molecule has 1 saturated carbocycles. The lowest BCUT2D eigenvalue weighted by Gasteiger charge is -2.31. The molecule has 0 saturated heterocycles. The van der Waals surface area contributed by atoms with Crippen LogP contribution < -0.4 is 10.6 Å². The van der Waals surface area contributed by atoms with Gasteiger partial charge in [-0.1, -0.05) is 74.2 Å². The van der Waals surface area contributed by atoms with Crippen LogP contribution in [0.2, 0.25) is 0 Å². The maximum atomic E-state index is 13.9. The molecule has 228 valence electrons. The van der Waals surface area contributed by atoms with Gasteiger partial charge in [-0.15, -0.1) is 0 Å². The van der Waals surface area contributed by atoms with Crippen LogP contribution in [0.1, 0.15) is 79.3 Å². The van der Waals surface area contributed by atoms with Crippen molar-refractivity contribution < 1.29 is 31.5 Å². The van der Waals surface area contributed by atoms with E-state index in [1.165, 1.54) is 0 Å². The summed E-state index contributed by atoms with van der Waals surface area (Å²) in [5.74, 6) is -2.18. The van der Waals surface area contributed by atoms with Gasteiger partial charge in [-0.05, 0) is 78.5 Å². The molecular weight excluding hydrogens is 563 g/mol. The lowest BCUT2D eigenvalue weighted by molar-refractivity contribution is -0.141. The number of hydrogen-bond donors (Lipinski definition) is 2. The van der Waals surface area contributed by atoms with Crippen molar-refractivity contribution in [3.05, 3.63) is 95.1 Å². The fraction of sp³-hybridized carbons (Fsp3) is 0.412. The molecule has 3 aromatic rings. The fourth-order valence-corrected chi connectivity index (χ4v) is 6.81. The molecule has 2 aliphatic rings. The first-order valence-electron chi connectivity index (χ1n) is 14.9. The molecule has 0 bridgehead atoms. The number of alkyl halides is 3. The van der Waals surface area contributed by atoms with E-state index < -0.39 is 41.6 Å². The van der Waals surface area contributed by atoms with E-state index in [0.29, 0.717) is 18.8 Å². The third-order valence-corrected chi connectivity index (χ3v) is 8.92. The Bertz CT molecular complexity index is 1420. The van der Waals surface area contributed by atoms with E-state index in [9.17, 15) is 31.5 Å². The van der Waals surface area contributed by atoms with Gasteiger partial charge in [-0.3, -0.25) is 9.59 Å². The van der Waals surface area contributed by atoms with E-state index in [2.05, 4.69) is 10.6 Å². The summed E-state index contributed by atoms with van der Waals surface area (Å²) in [6.45, 7) is -1.38. The van der Waals surface area contributed by atoms with Crippen LogP contribution in [0.3, 0.4) is 0 Å². The molecule has 2 N–H and O–H groups in total. The highest BCUT2D eigenvalue weighted by molar-refractivity contribution is 6.00. The Morgan fingerprint density at radius 3 is 2.07 bits per heavy atom. The molecule has 0 heterocycles. The molecular formula is C34H35F5N2O2. The van der Waals surface area contributed by atoms with Crippen LogP contribution in [0, 0.1) is 17.6 Å². The summed E-state index contributed by atoms with van der Waals surface area (Å²) in [4.78, 5) is 26.0. The largest absolute Gasteiger partial charge is 0.405 e. The Labute approximate surface area is 248 Å². The van der Waals surface area contributed by atoms with Gasteiger partial charge in [0.15, 0.2) is 0 Å². The molecule has 0 unspecified atom stereocenters. The van der Waals surface area contributed by atoms with Crippen LogP contribution in [0.5, 0.6) is 0 Å². The standard InChI is InChI=1S/C34H35F5N2O2/c35-23-15-18-30(36)27(20-23)31(42)41-24-16-13-22(14-17-24)8-2-1-7-19-33(32(43)40-21-34(37,38)39)28-11-5-3-9-25(28)26-10-4-6-12-29(26)33/h3-6,9-12,15,18,20,22,24H,1-2,7-8,13-14,16-17,19,21H2,(H,40,43)(H,41,42). The molecule has 9 heteroatoms. The third kappa shape index (κ3) is 6.76. The maximum absolute atomic E-state index is 13.9. The second-order valence-corrected chi connectivity index (χ2v) is 11.7. The van der Waals surface area contributed by atoms with Crippen molar-refractivity contribution in [2.45, 2.75) is 75.4 Å². The molecule has 0 spiro atoms. The summed E-state index contributed by atoms with van der Waals surface area (Å²) < 4.78 is 66.6. The summed E-state index contributed by atoms with van der Waals surface area (Å²) in [6, 6.07) is 17.7. The van der Waals surface area contributed by atoms with Gasteiger partial charge >= 0.3 is 6.18 Å². The number of halogens is 5. The van der Waals surface area contributed by atoms with Crippen molar-refractivity contribution in [3.8, 4) is 11.1 Å². The minimum atomic E-state index is -4.51. The van der Waals surface area contributed by atoms with Crippen molar-refractivity contribution in [3.63, 3.8) is 0 Å². The van der Waals surface area contributed by atoms with Gasteiger partial charge < -0.3 is 10.6 Å². The molecule has 1 fully saturated rings. The van der Waals surface area contributed by atoms with Gasteiger partial charge in [0.1, 0.15) is 23.6 Å². The Hall–Kier alpha value is -3.75. The fourth-order valence-electron chi connectivity index (χ4n) is 6.81. The lowest BCUT2D eigenvalue weighted by atomic mass is 9.73. The summed E-state index contributed by atoms with van der Waals surface area (Å²) in [5.41, 5.74) is 1.77. The zero-order valence-electron chi connectivity index (χ0n) is 23.8. The number of fused-ring (bicyclic) bond motifs is 3. The topological polar surface area (TPSA) is 58.2 Å². The predicted octanol–water partition coefficient (Wildman–Crippen LogP) is 7.85. The van der Waals surface area contributed by atoms with Crippen molar-refractivity contribution in [1.82, 2.24) is 10.6 Å². The summed E-state index contributed by atoms with van der Waals surface area (Å²) >= 11 is 0. The average Bonchev–Trinajstić information content (AvgIpc) is 3.28. The van der Waals surface area contributed by atoms with Crippen molar-refractivity contribution >= 4 is 11.8 Å². The van der Waals surface area contributed by atoms with Crippen molar-refractivity contribution in [1.29, 1.82) is 0 Å². The molecule has 0 aromatic heterocycles. The number of carbonyl (C=O) groups excluding carboxylic acids is 2. The Balaban J connectivity index is 1.16. The van der Waals surface area contributed by atoms with Crippen LogP contribution in [-0.4, -0.2) is 30.6 Å². The average molecular weight is 599 g/mol. The van der Waals surface area contributed by atoms with Crippen LogP contribution >= 0.6 is 0 Å². The van der Waals surface area contributed by atoms with Crippen molar-refractivity contribution in [2.75, 3.05) is 6.54 Å². The molecule has 2 amide bonds. The number of rotatable bonds is 10. The van der Waals surface area contributed by atoms with Crippen LogP contribution in [-0.2, 0) is 10.2 Å². The van der Waals surface area contributed by atoms with Crippen LogP contribution in [0.4, 0.5) is 22.0 Å². The van der Waals surface area contributed by atoms with Gasteiger partial charge in [0.2, 0.25) is 5.91 Å². The monoisotopic (exact) mass is 598 g/mol. The highest BCUT2D eigenvalue weighted by Crippen LogP contribution is 2.51. The number of amides is 2. The van der Waals surface area contributed by atoms with Crippen LogP contribution in [0.25, 0.3) is 11.1 Å². The predicted molar refractivity (Wildman–Crippen MR) is 154 cm³/mol. The molecule has 0 radical (unpaired) electrons. The van der Waals surface area contributed by atoms with Crippen molar-refractivity contribution in [2.24, 2.45) is 5.92 Å². The number of unbranched alkanes of at least 4 members (excludes halogenated alkanes) is 2. The Morgan fingerprint density at radius 1 is 0.814 bits per heavy atom. The molecule has 2 aliphatic carbocycles. The quantitative estimate of drug-likeness (QED) is 0.185.